The Bertz CT molecular complexity index is 843. The first-order valence-electron chi connectivity index (χ1n) is 11.0. The molecule has 0 aromatic carbocycles. The van der Waals surface area contributed by atoms with Crippen LogP contribution in [0.25, 0.3) is 0 Å². The van der Waals surface area contributed by atoms with E-state index in [-0.39, 0.29) is 29.0 Å². The van der Waals surface area contributed by atoms with Gasteiger partial charge in [-0.2, -0.15) is 5.26 Å². The van der Waals surface area contributed by atoms with E-state index < -0.39 is 5.60 Å². The third-order valence-corrected chi connectivity index (χ3v) is 6.96. The second-order valence-electron chi connectivity index (χ2n) is 9.77. The van der Waals surface area contributed by atoms with Crippen LogP contribution in [0.15, 0.2) is 6.20 Å². The summed E-state index contributed by atoms with van der Waals surface area (Å²) in [6.07, 6.45) is 8.36. The Kier molecular flexibility index (Phi) is 5.80. The summed E-state index contributed by atoms with van der Waals surface area (Å²) in [5.41, 5.74) is -0.372. The van der Waals surface area contributed by atoms with Gasteiger partial charge in [-0.1, -0.05) is 37.3 Å². The van der Waals surface area contributed by atoms with Crippen molar-refractivity contribution in [2.75, 3.05) is 18.0 Å². The lowest BCUT2D eigenvalue weighted by molar-refractivity contribution is 0.0174. The van der Waals surface area contributed by atoms with Crippen molar-refractivity contribution in [3.05, 3.63) is 17.0 Å². The molecule has 1 aromatic heterocycles. The molecule has 7 nitrogen and oxygen atoms in total. The molecule has 0 radical (unpaired) electrons. The minimum absolute atomic E-state index is 0.0930. The Morgan fingerprint density at radius 3 is 2.60 bits per heavy atom. The molecule has 2 saturated heterocycles. The lowest BCUT2D eigenvalue weighted by Crippen LogP contribution is -2.55. The van der Waals surface area contributed by atoms with E-state index in [4.69, 9.17) is 21.6 Å². The van der Waals surface area contributed by atoms with Crippen LogP contribution in [0.5, 0.6) is 0 Å². The molecule has 2 aliphatic heterocycles. The molecule has 30 heavy (non-hydrogen) atoms. The van der Waals surface area contributed by atoms with Crippen molar-refractivity contribution in [3.8, 4) is 6.07 Å². The number of aromatic nitrogens is 2. The molecule has 162 valence electrons. The SMILES string of the molecule is CC(C)(C)OC(=O)N1CC[C@@H]2[C@H]1CC(C1CCCC1)CN2c1cnc(C#N)c(Cl)n1. The van der Waals surface area contributed by atoms with Crippen LogP contribution in [0, 0.1) is 23.2 Å². The van der Waals surface area contributed by atoms with Gasteiger partial charge in [0.05, 0.1) is 18.3 Å². The Hall–Kier alpha value is -2.07. The topological polar surface area (TPSA) is 82.4 Å². The molecule has 3 aliphatic rings. The number of carbonyl (C=O) groups excluding carboxylic acids is 1. The van der Waals surface area contributed by atoms with E-state index in [1.54, 1.807) is 6.20 Å². The minimum Gasteiger partial charge on any atom is -0.444 e. The van der Waals surface area contributed by atoms with Gasteiger partial charge in [0.15, 0.2) is 10.8 Å². The van der Waals surface area contributed by atoms with Crippen LogP contribution in [-0.4, -0.2) is 51.7 Å². The summed E-state index contributed by atoms with van der Waals surface area (Å²) in [5, 5.41) is 9.27. The maximum absolute atomic E-state index is 12.9. The van der Waals surface area contributed by atoms with Gasteiger partial charge in [-0.15, -0.1) is 0 Å². The molecule has 0 spiro atoms. The van der Waals surface area contributed by atoms with Crippen molar-refractivity contribution >= 4 is 23.5 Å². The Morgan fingerprint density at radius 2 is 1.97 bits per heavy atom. The summed E-state index contributed by atoms with van der Waals surface area (Å²) in [4.78, 5) is 25.8. The van der Waals surface area contributed by atoms with Gasteiger partial charge >= 0.3 is 6.09 Å². The van der Waals surface area contributed by atoms with Gasteiger partial charge in [0.1, 0.15) is 17.5 Å². The van der Waals surface area contributed by atoms with Crippen LogP contribution < -0.4 is 4.90 Å². The lowest BCUT2D eigenvalue weighted by Gasteiger charge is -2.45. The molecular formula is C22H30ClN5O2. The normalized spacial score (nSPS) is 27.1. The van der Waals surface area contributed by atoms with Crippen molar-refractivity contribution in [1.29, 1.82) is 5.26 Å². The number of fused-ring (bicyclic) bond motifs is 1. The van der Waals surface area contributed by atoms with Crippen LogP contribution >= 0.6 is 11.6 Å². The zero-order valence-corrected chi connectivity index (χ0v) is 18.7. The lowest BCUT2D eigenvalue weighted by atomic mass is 9.80. The standard InChI is InChI=1S/C22H30ClN5O2/c1-22(2,3)30-21(29)27-9-8-17-18(27)10-15(14-6-4-5-7-14)13-28(17)19-12-25-16(11-24)20(23)26-19/h12,14-15,17-18H,4-10,13H2,1-3H3/t15?,17-,18-/m1/s1. The average Bonchev–Trinajstić information content (AvgIpc) is 3.35. The number of ether oxygens (including phenoxy) is 1. The molecule has 3 atom stereocenters. The van der Waals surface area contributed by atoms with E-state index >= 15 is 0 Å². The van der Waals surface area contributed by atoms with Crippen LogP contribution in [0.3, 0.4) is 0 Å². The van der Waals surface area contributed by atoms with Gasteiger partial charge in [-0.3, -0.25) is 0 Å². The third kappa shape index (κ3) is 4.20. The summed E-state index contributed by atoms with van der Waals surface area (Å²) in [6, 6.07) is 2.23. The molecule has 1 aromatic rings. The smallest absolute Gasteiger partial charge is 0.410 e. The molecule has 8 heteroatoms. The van der Waals surface area contributed by atoms with Crippen molar-refractivity contribution in [1.82, 2.24) is 14.9 Å². The van der Waals surface area contributed by atoms with E-state index in [1.165, 1.54) is 25.7 Å². The first kappa shape index (κ1) is 21.2. The van der Waals surface area contributed by atoms with Gasteiger partial charge in [-0.05, 0) is 45.4 Å². The molecule has 1 aliphatic carbocycles. The van der Waals surface area contributed by atoms with Crippen LogP contribution in [0.1, 0.15) is 65.0 Å². The quantitative estimate of drug-likeness (QED) is 0.690. The Morgan fingerprint density at radius 1 is 1.23 bits per heavy atom. The highest BCUT2D eigenvalue weighted by Crippen LogP contribution is 2.43. The van der Waals surface area contributed by atoms with Crippen molar-refractivity contribution < 1.29 is 9.53 Å². The minimum atomic E-state index is -0.513. The van der Waals surface area contributed by atoms with Crippen molar-refractivity contribution in [3.63, 3.8) is 0 Å². The number of piperidine rings is 1. The fourth-order valence-corrected chi connectivity index (χ4v) is 5.59. The number of nitriles is 1. The van der Waals surface area contributed by atoms with Gasteiger partial charge in [0.2, 0.25) is 0 Å². The van der Waals surface area contributed by atoms with Crippen LogP contribution in [0.2, 0.25) is 5.15 Å². The number of carbonyl (C=O) groups is 1. The third-order valence-electron chi connectivity index (χ3n) is 6.70. The number of halogens is 1. The average molecular weight is 432 g/mol. The highest BCUT2D eigenvalue weighted by Gasteiger charge is 2.48. The number of nitrogens with zero attached hydrogens (tertiary/aromatic N) is 5. The largest absolute Gasteiger partial charge is 0.444 e. The van der Waals surface area contributed by atoms with E-state index in [2.05, 4.69) is 14.9 Å². The molecule has 4 rings (SSSR count). The number of anilines is 1. The monoisotopic (exact) mass is 431 g/mol. The Balaban J connectivity index is 1.62. The number of likely N-dealkylation sites (tertiary alicyclic amines) is 1. The molecule has 0 bridgehead atoms. The predicted octanol–water partition coefficient (Wildman–Crippen LogP) is 4.40. The molecule has 3 fully saturated rings. The maximum Gasteiger partial charge on any atom is 0.410 e. The van der Waals surface area contributed by atoms with Crippen molar-refractivity contribution in [2.24, 2.45) is 11.8 Å². The second kappa shape index (κ2) is 8.22. The van der Waals surface area contributed by atoms with Gasteiger partial charge in [-0.25, -0.2) is 14.8 Å². The Labute approximate surface area is 183 Å². The number of hydrogen-bond acceptors (Lipinski definition) is 6. The summed E-state index contributed by atoms with van der Waals surface area (Å²) in [7, 11) is 0. The molecule has 1 amide bonds. The maximum atomic E-state index is 12.9. The van der Waals surface area contributed by atoms with Gasteiger partial charge in [0.25, 0.3) is 0 Å². The first-order valence-corrected chi connectivity index (χ1v) is 11.3. The highest BCUT2D eigenvalue weighted by atomic mass is 35.5. The predicted molar refractivity (Wildman–Crippen MR) is 114 cm³/mol. The summed E-state index contributed by atoms with van der Waals surface area (Å²) in [5.74, 6) is 1.87. The zero-order chi connectivity index (χ0) is 21.5. The molecule has 0 N–H and O–H groups in total. The van der Waals surface area contributed by atoms with E-state index in [1.807, 2.05) is 31.7 Å². The summed E-state index contributed by atoms with van der Waals surface area (Å²) in [6.45, 7) is 7.28. The first-order chi connectivity index (χ1) is 14.3. The van der Waals surface area contributed by atoms with Gasteiger partial charge in [0, 0.05) is 13.1 Å². The zero-order valence-electron chi connectivity index (χ0n) is 18.0. The molecule has 1 saturated carbocycles. The fourth-order valence-electron chi connectivity index (χ4n) is 5.41. The van der Waals surface area contributed by atoms with E-state index in [0.717, 1.165) is 19.4 Å². The van der Waals surface area contributed by atoms with Crippen molar-refractivity contribution in [2.45, 2.75) is 77.0 Å². The van der Waals surface area contributed by atoms with Crippen LogP contribution in [-0.2, 0) is 4.74 Å². The highest BCUT2D eigenvalue weighted by molar-refractivity contribution is 6.30. The van der Waals surface area contributed by atoms with E-state index in [0.29, 0.717) is 24.2 Å². The molecule has 3 heterocycles. The van der Waals surface area contributed by atoms with Crippen LogP contribution in [0.4, 0.5) is 10.6 Å². The fraction of sp³-hybridized carbons (Fsp3) is 0.727. The molecular weight excluding hydrogens is 402 g/mol. The number of hydrogen-bond donors (Lipinski definition) is 0. The van der Waals surface area contributed by atoms with Gasteiger partial charge < -0.3 is 14.5 Å². The molecule has 1 unspecified atom stereocenters. The van der Waals surface area contributed by atoms with E-state index in [9.17, 15) is 4.79 Å². The second-order valence-corrected chi connectivity index (χ2v) is 10.1. The number of rotatable bonds is 2. The summed E-state index contributed by atoms with van der Waals surface area (Å²) < 4.78 is 5.71. The summed E-state index contributed by atoms with van der Waals surface area (Å²) >= 11 is 6.20. The number of amides is 1.